The Hall–Kier alpha value is -3.64. The largest absolute Gasteiger partial charge is 0.514 e. The summed E-state index contributed by atoms with van der Waals surface area (Å²) in [7, 11) is 1.98. The molecule has 5 atom stereocenters. The lowest BCUT2D eigenvalue weighted by molar-refractivity contribution is -0.175. The number of benzene rings is 1. The Morgan fingerprint density at radius 1 is 1.02 bits per heavy atom. The maximum atomic E-state index is 13.2. The monoisotopic (exact) mass is 629 g/mol. The van der Waals surface area contributed by atoms with Crippen molar-refractivity contribution >= 4 is 24.1 Å². The lowest BCUT2D eigenvalue weighted by atomic mass is 9.50. The van der Waals surface area contributed by atoms with Crippen molar-refractivity contribution in [3.63, 3.8) is 0 Å². The van der Waals surface area contributed by atoms with Gasteiger partial charge in [-0.15, -0.1) is 0 Å². The van der Waals surface area contributed by atoms with Crippen molar-refractivity contribution in [3.05, 3.63) is 35.1 Å². The first-order valence-corrected chi connectivity index (χ1v) is 15.3. The molecule has 246 valence electrons. The third kappa shape index (κ3) is 6.02. The fourth-order valence-corrected chi connectivity index (χ4v) is 6.97. The molecule has 0 unspecified atom stereocenters. The zero-order valence-corrected chi connectivity index (χ0v) is 27.2. The van der Waals surface area contributed by atoms with E-state index in [-0.39, 0.29) is 36.8 Å². The maximum absolute atomic E-state index is 13.2. The number of hydrogen-bond acceptors (Lipinski definition) is 12. The Bertz CT molecular complexity index is 1440. The Kier molecular flexibility index (Phi) is 8.23. The van der Waals surface area contributed by atoms with Gasteiger partial charge in [-0.2, -0.15) is 0 Å². The van der Waals surface area contributed by atoms with Gasteiger partial charge in [-0.05, 0) is 92.6 Å². The summed E-state index contributed by atoms with van der Waals surface area (Å²) in [6.07, 6.45) is -0.665. The molecular formula is C33H43NO11. The van der Waals surface area contributed by atoms with Gasteiger partial charge in [0.1, 0.15) is 17.0 Å². The normalized spacial score (nSPS) is 27.3. The second-order valence-electron chi connectivity index (χ2n) is 14.3. The molecule has 4 aliphatic rings. The van der Waals surface area contributed by atoms with Crippen molar-refractivity contribution in [2.45, 2.75) is 121 Å². The van der Waals surface area contributed by atoms with E-state index >= 15 is 0 Å². The second kappa shape index (κ2) is 11.3. The summed E-state index contributed by atoms with van der Waals surface area (Å²) in [5.41, 5.74) is -2.02. The van der Waals surface area contributed by atoms with Gasteiger partial charge < -0.3 is 38.4 Å². The molecule has 0 aromatic heterocycles. The van der Waals surface area contributed by atoms with Gasteiger partial charge in [0.25, 0.3) is 0 Å². The highest BCUT2D eigenvalue weighted by Crippen LogP contribution is 2.65. The smallest absolute Gasteiger partial charge is 0.477 e. The highest BCUT2D eigenvalue weighted by Gasteiger charge is 2.72. The van der Waals surface area contributed by atoms with E-state index in [2.05, 4.69) is 4.90 Å². The van der Waals surface area contributed by atoms with Gasteiger partial charge in [-0.3, -0.25) is 9.59 Å². The summed E-state index contributed by atoms with van der Waals surface area (Å²) in [4.78, 5) is 52.4. The number of aliphatic hydroxyl groups is 1. The summed E-state index contributed by atoms with van der Waals surface area (Å²) in [5.74, 6) is -1.51. The fraction of sp³-hybridized carbons (Fsp3) is 0.636. The Morgan fingerprint density at radius 3 is 2.36 bits per heavy atom. The molecular weight excluding hydrogens is 586 g/mol. The summed E-state index contributed by atoms with van der Waals surface area (Å²) < 4.78 is 33.8. The van der Waals surface area contributed by atoms with Gasteiger partial charge in [0.15, 0.2) is 23.7 Å². The van der Waals surface area contributed by atoms with E-state index < -0.39 is 58.5 Å². The van der Waals surface area contributed by atoms with E-state index in [4.69, 9.17) is 28.4 Å². The van der Waals surface area contributed by atoms with Crippen LogP contribution >= 0.6 is 0 Å². The Balaban J connectivity index is 1.37. The molecule has 2 aliphatic heterocycles. The standard InChI is InChI=1S/C33H43NO11/c1-18(40-23(35)11-12-24(36)44-30(2,3)4)28(37)41-21-13-14-33(39)22-17-19-9-10-20(42-29(38)45-31(5,6)7)26-25(19)32(33,27(21)43-26)15-16-34(22)8/h9-10,13,18,22,27,39H,11-12,14-17H2,1-8H3/t18-,22-,27-,32-,33+/m0/s1. The molecule has 5 rings (SSSR count). The zero-order valence-electron chi connectivity index (χ0n) is 27.2. The van der Waals surface area contributed by atoms with Gasteiger partial charge in [-0.1, -0.05) is 6.07 Å². The van der Waals surface area contributed by atoms with Crippen LogP contribution in [0, 0.1) is 0 Å². The third-order valence-corrected chi connectivity index (χ3v) is 8.73. The van der Waals surface area contributed by atoms with Crippen LogP contribution in [0.2, 0.25) is 0 Å². The molecule has 1 aromatic rings. The van der Waals surface area contributed by atoms with Crippen molar-refractivity contribution in [2.24, 2.45) is 0 Å². The van der Waals surface area contributed by atoms with Crippen molar-refractivity contribution in [1.29, 1.82) is 0 Å². The van der Waals surface area contributed by atoms with Gasteiger partial charge in [-0.25, -0.2) is 9.59 Å². The maximum Gasteiger partial charge on any atom is 0.514 e. The quantitative estimate of drug-likeness (QED) is 0.265. The van der Waals surface area contributed by atoms with Crippen LogP contribution in [0.3, 0.4) is 0 Å². The number of carbonyl (C=O) groups is 4. The van der Waals surface area contributed by atoms with Crippen LogP contribution in [0.1, 0.15) is 85.3 Å². The lowest BCUT2D eigenvalue weighted by Crippen LogP contribution is -2.74. The first-order valence-electron chi connectivity index (χ1n) is 15.3. The number of piperidine rings is 1. The Morgan fingerprint density at radius 2 is 1.69 bits per heavy atom. The number of likely N-dealkylation sites (N-methyl/N-ethyl adjacent to an activating group) is 1. The minimum atomic E-state index is -1.28. The zero-order chi connectivity index (χ0) is 33.1. The average molecular weight is 630 g/mol. The summed E-state index contributed by atoms with van der Waals surface area (Å²) in [6.45, 7) is 12.4. The van der Waals surface area contributed by atoms with Crippen LogP contribution in [0.25, 0.3) is 0 Å². The van der Waals surface area contributed by atoms with Crippen molar-refractivity contribution < 1.29 is 52.7 Å². The predicted octanol–water partition coefficient (Wildman–Crippen LogP) is 3.88. The van der Waals surface area contributed by atoms with Crippen LogP contribution in [0.4, 0.5) is 4.79 Å². The van der Waals surface area contributed by atoms with E-state index in [1.165, 1.54) is 6.92 Å². The highest BCUT2D eigenvalue weighted by atomic mass is 16.7. The second-order valence-corrected chi connectivity index (χ2v) is 14.3. The molecule has 2 heterocycles. The fourth-order valence-electron chi connectivity index (χ4n) is 6.97. The van der Waals surface area contributed by atoms with Gasteiger partial charge in [0.05, 0.1) is 23.9 Å². The minimum absolute atomic E-state index is 0.143. The summed E-state index contributed by atoms with van der Waals surface area (Å²) in [6, 6.07) is 3.30. The predicted molar refractivity (Wildman–Crippen MR) is 159 cm³/mol. The summed E-state index contributed by atoms with van der Waals surface area (Å²) in [5, 5.41) is 12.4. The number of hydrogen-bond donors (Lipinski definition) is 1. The molecule has 2 bridgehead atoms. The van der Waals surface area contributed by atoms with E-state index in [0.29, 0.717) is 25.1 Å². The first-order chi connectivity index (χ1) is 20.8. The van der Waals surface area contributed by atoms with Crippen molar-refractivity contribution in [3.8, 4) is 11.5 Å². The molecule has 1 N–H and O–H groups in total. The van der Waals surface area contributed by atoms with Crippen molar-refractivity contribution in [2.75, 3.05) is 13.6 Å². The van der Waals surface area contributed by atoms with Gasteiger partial charge in [0.2, 0.25) is 0 Å². The van der Waals surface area contributed by atoms with E-state index in [0.717, 1.165) is 11.1 Å². The third-order valence-electron chi connectivity index (χ3n) is 8.73. The molecule has 45 heavy (non-hydrogen) atoms. The average Bonchev–Trinajstić information content (AvgIpc) is 3.26. The number of esters is 3. The molecule has 2 aliphatic carbocycles. The van der Waals surface area contributed by atoms with E-state index in [1.807, 2.05) is 13.1 Å². The molecule has 0 amide bonds. The molecule has 12 nitrogen and oxygen atoms in total. The van der Waals surface area contributed by atoms with Gasteiger partial charge in [0, 0.05) is 18.0 Å². The SMILES string of the molecule is C[C@H](OC(=O)CCC(=O)OC(C)(C)C)C(=O)OC1=CC[C@@]2(O)[C@@H]3Cc4ccc(OC(=O)OC(C)(C)C)c5c4[C@@]2(CCN3C)[C@H]1O5. The first kappa shape index (κ1) is 32.7. The molecule has 0 saturated carbocycles. The summed E-state index contributed by atoms with van der Waals surface area (Å²) >= 11 is 0. The molecule has 1 fully saturated rings. The Labute approximate surface area is 262 Å². The van der Waals surface area contributed by atoms with Crippen LogP contribution in [0.15, 0.2) is 24.0 Å². The van der Waals surface area contributed by atoms with Gasteiger partial charge >= 0.3 is 24.1 Å². The van der Waals surface area contributed by atoms with Crippen LogP contribution in [0.5, 0.6) is 11.5 Å². The van der Waals surface area contributed by atoms with Crippen LogP contribution in [-0.4, -0.2) is 82.7 Å². The molecule has 0 radical (unpaired) electrons. The number of carbonyl (C=O) groups excluding carboxylic acids is 4. The van der Waals surface area contributed by atoms with E-state index in [9.17, 15) is 24.3 Å². The number of likely N-dealkylation sites (tertiary alicyclic amines) is 1. The highest BCUT2D eigenvalue weighted by molar-refractivity contribution is 5.82. The lowest BCUT2D eigenvalue weighted by Gasteiger charge is -2.61. The minimum Gasteiger partial charge on any atom is -0.477 e. The number of ether oxygens (including phenoxy) is 6. The molecule has 1 saturated heterocycles. The molecule has 12 heteroatoms. The molecule has 1 aromatic carbocycles. The van der Waals surface area contributed by atoms with Crippen LogP contribution in [-0.2, 0) is 45.2 Å². The van der Waals surface area contributed by atoms with Crippen molar-refractivity contribution in [1.82, 2.24) is 4.90 Å². The molecule has 1 spiro atoms. The number of rotatable bonds is 7. The van der Waals surface area contributed by atoms with E-state index in [1.54, 1.807) is 53.7 Å². The van der Waals surface area contributed by atoms with Crippen LogP contribution < -0.4 is 9.47 Å². The number of nitrogens with zero attached hydrogens (tertiary/aromatic N) is 1. The topological polar surface area (TPSA) is 147 Å².